The Morgan fingerprint density at radius 3 is 3.00 bits per heavy atom. The predicted octanol–water partition coefficient (Wildman–Crippen LogP) is 2.76. The van der Waals surface area contributed by atoms with Crippen LogP contribution in [0, 0.1) is 6.92 Å². The van der Waals surface area contributed by atoms with Crippen LogP contribution in [0.3, 0.4) is 0 Å². The lowest BCUT2D eigenvalue weighted by molar-refractivity contribution is 0.958. The Labute approximate surface area is 91.7 Å². The fourth-order valence-electron chi connectivity index (χ4n) is 1.33. The molecule has 0 fully saturated rings. The number of hydrogen-bond acceptors (Lipinski definition) is 3. The molecule has 2 nitrogen and oxygen atoms in total. The third kappa shape index (κ3) is 1.75. The molecule has 2 aromatic rings. The molecule has 2 rings (SSSR count). The van der Waals surface area contributed by atoms with E-state index < -0.39 is 0 Å². The molecule has 0 spiro atoms. The number of nitrogens with two attached hydrogens (primary N) is 1. The number of nitrogens with zero attached hydrogens (tertiary/aromatic N) is 1. The van der Waals surface area contributed by atoms with Gasteiger partial charge in [0.1, 0.15) is 0 Å². The molecule has 0 aliphatic carbocycles. The maximum Gasteiger partial charge on any atom is 0.0951 e. The molecule has 0 unspecified atom stereocenters. The largest absolute Gasteiger partial charge is 0.330 e. The van der Waals surface area contributed by atoms with Crippen LogP contribution < -0.4 is 5.73 Å². The van der Waals surface area contributed by atoms with E-state index in [1.807, 2.05) is 13.0 Å². The number of thiazole rings is 1. The summed E-state index contributed by atoms with van der Waals surface area (Å²) in [6, 6.07) is 4.00. The van der Waals surface area contributed by atoms with Gasteiger partial charge in [-0.25, -0.2) is 4.98 Å². The Morgan fingerprint density at radius 2 is 2.29 bits per heavy atom. The summed E-state index contributed by atoms with van der Waals surface area (Å²) in [5, 5.41) is 1.87. The van der Waals surface area contributed by atoms with Gasteiger partial charge in [0.2, 0.25) is 0 Å². The molecule has 1 aromatic heterocycles. The monoisotopic (exact) mass is 226 g/mol. The SMILES string of the molecule is Cc1cc2sc(CCN)nc2cc1Cl. The summed E-state index contributed by atoms with van der Waals surface area (Å²) in [6.45, 7) is 2.65. The minimum Gasteiger partial charge on any atom is -0.330 e. The molecule has 1 heterocycles. The fraction of sp³-hybridized carbons (Fsp3) is 0.300. The normalized spacial score (nSPS) is 11.1. The standard InChI is InChI=1S/C10H11ClN2S/c1-6-4-9-8(5-7(6)11)13-10(14-9)2-3-12/h4-5H,2-3,12H2,1H3. The first-order chi connectivity index (χ1) is 6.70. The summed E-state index contributed by atoms with van der Waals surface area (Å²) < 4.78 is 1.19. The molecule has 74 valence electrons. The van der Waals surface area contributed by atoms with E-state index in [2.05, 4.69) is 11.1 Å². The molecule has 0 radical (unpaired) electrons. The van der Waals surface area contributed by atoms with Crippen molar-refractivity contribution in [3.05, 3.63) is 27.7 Å². The summed E-state index contributed by atoms with van der Waals surface area (Å²) in [7, 11) is 0. The van der Waals surface area contributed by atoms with Crippen LogP contribution >= 0.6 is 22.9 Å². The highest BCUT2D eigenvalue weighted by Crippen LogP contribution is 2.27. The second kappa shape index (κ2) is 3.85. The number of benzene rings is 1. The lowest BCUT2D eigenvalue weighted by Gasteiger charge is -1.94. The highest BCUT2D eigenvalue weighted by Gasteiger charge is 2.05. The summed E-state index contributed by atoms with van der Waals surface area (Å²) >= 11 is 7.71. The highest BCUT2D eigenvalue weighted by molar-refractivity contribution is 7.18. The molecule has 14 heavy (non-hydrogen) atoms. The van der Waals surface area contributed by atoms with Gasteiger partial charge in [-0.05, 0) is 31.2 Å². The van der Waals surface area contributed by atoms with Crippen LogP contribution in [-0.2, 0) is 6.42 Å². The van der Waals surface area contributed by atoms with Gasteiger partial charge in [0, 0.05) is 11.4 Å². The molecule has 0 aliphatic heterocycles. The molecule has 0 atom stereocenters. The topological polar surface area (TPSA) is 38.9 Å². The van der Waals surface area contributed by atoms with Crippen molar-refractivity contribution < 1.29 is 0 Å². The first-order valence-corrected chi connectivity index (χ1v) is 5.66. The second-order valence-electron chi connectivity index (χ2n) is 3.22. The molecule has 2 N–H and O–H groups in total. The molecule has 0 saturated heterocycles. The lowest BCUT2D eigenvalue weighted by atomic mass is 10.2. The van der Waals surface area contributed by atoms with Crippen molar-refractivity contribution in [1.29, 1.82) is 0 Å². The summed E-state index contributed by atoms with van der Waals surface area (Å²) in [6.07, 6.45) is 0.843. The minimum absolute atomic E-state index is 0.645. The molecule has 0 saturated carbocycles. The molecular formula is C10H11ClN2S. The van der Waals surface area contributed by atoms with E-state index in [0.717, 1.165) is 27.5 Å². The number of aromatic nitrogens is 1. The van der Waals surface area contributed by atoms with E-state index in [4.69, 9.17) is 17.3 Å². The van der Waals surface area contributed by atoms with Crippen LogP contribution in [-0.4, -0.2) is 11.5 Å². The molecule has 4 heteroatoms. The summed E-state index contributed by atoms with van der Waals surface area (Å²) in [5.41, 5.74) is 7.56. The van der Waals surface area contributed by atoms with E-state index in [0.29, 0.717) is 6.54 Å². The van der Waals surface area contributed by atoms with Crippen molar-refractivity contribution in [3.63, 3.8) is 0 Å². The Kier molecular flexibility index (Phi) is 2.72. The fourth-order valence-corrected chi connectivity index (χ4v) is 2.55. The van der Waals surface area contributed by atoms with Gasteiger partial charge in [0.15, 0.2) is 0 Å². The van der Waals surface area contributed by atoms with E-state index in [9.17, 15) is 0 Å². The van der Waals surface area contributed by atoms with Crippen LogP contribution in [0.4, 0.5) is 0 Å². The second-order valence-corrected chi connectivity index (χ2v) is 4.74. The van der Waals surface area contributed by atoms with Crippen LogP contribution in [0.1, 0.15) is 10.6 Å². The third-order valence-electron chi connectivity index (χ3n) is 2.07. The maximum absolute atomic E-state index is 6.01. The van der Waals surface area contributed by atoms with Crippen LogP contribution in [0.15, 0.2) is 12.1 Å². The van der Waals surface area contributed by atoms with Gasteiger partial charge in [-0.1, -0.05) is 11.6 Å². The predicted molar refractivity (Wildman–Crippen MR) is 62.1 cm³/mol. The van der Waals surface area contributed by atoms with Crippen molar-refractivity contribution in [2.75, 3.05) is 6.54 Å². The molecule has 0 aliphatic rings. The molecule has 0 bridgehead atoms. The number of fused-ring (bicyclic) bond motifs is 1. The number of hydrogen-bond donors (Lipinski definition) is 1. The lowest BCUT2D eigenvalue weighted by Crippen LogP contribution is -2.01. The van der Waals surface area contributed by atoms with Crippen LogP contribution in [0.25, 0.3) is 10.2 Å². The Hall–Kier alpha value is -0.640. The summed E-state index contributed by atoms with van der Waals surface area (Å²) in [5.74, 6) is 0. The zero-order valence-corrected chi connectivity index (χ0v) is 9.45. The highest BCUT2D eigenvalue weighted by atomic mass is 35.5. The van der Waals surface area contributed by atoms with Crippen LogP contribution in [0.5, 0.6) is 0 Å². The van der Waals surface area contributed by atoms with Crippen molar-refractivity contribution in [1.82, 2.24) is 4.98 Å². The molecule has 0 amide bonds. The van der Waals surface area contributed by atoms with Gasteiger partial charge in [0.05, 0.1) is 15.2 Å². The first-order valence-electron chi connectivity index (χ1n) is 4.46. The van der Waals surface area contributed by atoms with Gasteiger partial charge in [-0.3, -0.25) is 0 Å². The van der Waals surface area contributed by atoms with Crippen molar-refractivity contribution in [2.45, 2.75) is 13.3 Å². The van der Waals surface area contributed by atoms with Gasteiger partial charge in [0.25, 0.3) is 0 Å². The zero-order chi connectivity index (χ0) is 10.1. The smallest absolute Gasteiger partial charge is 0.0951 e. The van der Waals surface area contributed by atoms with Gasteiger partial charge >= 0.3 is 0 Å². The van der Waals surface area contributed by atoms with Crippen molar-refractivity contribution >= 4 is 33.2 Å². The summed E-state index contributed by atoms with van der Waals surface area (Å²) in [4.78, 5) is 4.46. The average molecular weight is 227 g/mol. The van der Waals surface area contributed by atoms with E-state index >= 15 is 0 Å². The third-order valence-corrected chi connectivity index (χ3v) is 3.56. The van der Waals surface area contributed by atoms with Gasteiger partial charge in [-0.15, -0.1) is 11.3 Å². The van der Waals surface area contributed by atoms with Gasteiger partial charge < -0.3 is 5.73 Å². The Morgan fingerprint density at radius 1 is 1.50 bits per heavy atom. The van der Waals surface area contributed by atoms with E-state index in [-0.39, 0.29) is 0 Å². The maximum atomic E-state index is 6.01. The van der Waals surface area contributed by atoms with Crippen molar-refractivity contribution in [3.8, 4) is 0 Å². The Bertz CT molecular complexity index is 425. The van der Waals surface area contributed by atoms with Crippen LogP contribution in [0.2, 0.25) is 5.02 Å². The van der Waals surface area contributed by atoms with Gasteiger partial charge in [-0.2, -0.15) is 0 Å². The van der Waals surface area contributed by atoms with E-state index in [1.165, 1.54) is 4.70 Å². The minimum atomic E-state index is 0.645. The number of aryl methyl sites for hydroxylation is 1. The quantitative estimate of drug-likeness (QED) is 0.855. The van der Waals surface area contributed by atoms with E-state index in [1.54, 1.807) is 11.3 Å². The first kappa shape index (κ1) is 9.90. The Balaban J connectivity index is 2.54. The number of rotatable bonds is 2. The average Bonchev–Trinajstić information content (AvgIpc) is 2.48. The molecular weight excluding hydrogens is 216 g/mol. The number of halogens is 1. The zero-order valence-electron chi connectivity index (χ0n) is 7.88. The molecule has 1 aromatic carbocycles. The van der Waals surface area contributed by atoms with Crippen molar-refractivity contribution in [2.24, 2.45) is 5.73 Å².